The second-order valence-corrected chi connectivity index (χ2v) is 3.23. The molecule has 78 valence electrons. The molecule has 0 N–H and O–H groups in total. The zero-order valence-electron chi connectivity index (χ0n) is 8.84. The van der Waals surface area contributed by atoms with Crippen molar-refractivity contribution in [3.63, 3.8) is 0 Å². The van der Waals surface area contributed by atoms with E-state index in [0.717, 1.165) is 5.56 Å². The third-order valence-electron chi connectivity index (χ3n) is 2.24. The lowest BCUT2D eigenvalue weighted by atomic mass is 10.1. The van der Waals surface area contributed by atoms with Crippen LogP contribution < -0.4 is 4.74 Å². The summed E-state index contributed by atoms with van der Waals surface area (Å²) in [6, 6.07) is 15.1. The Balaban J connectivity index is 2.59. The van der Waals surface area contributed by atoms with Crippen LogP contribution in [-0.4, -0.2) is 12.1 Å². The topological polar surface area (TPSA) is 45.9 Å². The van der Waals surface area contributed by atoms with Crippen LogP contribution >= 0.6 is 0 Å². The van der Waals surface area contributed by atoms with Gasteiger partial charge in [0.25, 0.3) is 0 Å². The molecule has 3 nitrogen and oxygen atoms in total. The minimum Gasteiger partial charge on any atom is -0.494 e. The molecular formula is C13H10N2O. The third-order valence-corrected chi connectivity index (χ3v) is 2.24. The first-order chi connectivity index (χ1) is 7.85. The quantitative estimate of drug-likeness (QED) is 0.765. The molecule has 0 bridgehead atoms. The number of nitriles is 1. The Labute approximate surface area is 93.9 Å². The van der Waals surface area contributed by atoms with Crippen molar-refractivity contribution in [3.05, 3.63) is 48.2 Å². The minimum atomic E-state index is 0.389. The zero-order valence-corrected chi connectivity index (χ0v) is 8.84. The van der Waals surface area contributed by atoms with E-state index in [-0.39, 0.29) is 0 Å². The molecule has 0 saturated heterocycles. The fraction of sp³-hybridized carbons (Fsp3) is 0.0769. The van der Waals surface area contributed by atoms with Gasteiger partial charge in [-0.15, -0.1) is 0 Å². The fourth-order valence-electron chi connectivity index (χ4n) is 1.48. The summed E-state index contributed by atoms with van der Waals surface area (Å²) < 4.78 is 5.23. The zero-order chi connectivity index (χ0) is 11.4. The van der Waals surface area contributed by atoms with Crippen molar-refractivity contribution in [1.29, 1.82) is 5.26 Å². The minimum absolute atomic E-state index is 0.389. The van der Waals surface area contributed by atoms with Gasteiger partial charge in [0.1, 0.15) is 23.2 Å². The number of nitrogens with zero attached hydrogens (tertiary/aromatic N) is 2. The maximum absolute atomic E-state index is 8.82. The van der Waals surface area contributed by atoms with Gasteiger partial charge in [-0.2, -0.15) is 5.26 Å². The first kappa shape index (κ1) is 10.2. The van der Waals surface area contributed by atoms with Crippen LogP contribution in [0.2, 0.25) is 0 Å². The predicted molar refractivity (Wildman–Crippen MR) is 60.9 cm³/mol. The van der Waals surface area contributed by atoms with Crippen LogP contribution in [-0.2, 0) is 0 Å². The van der Waals surface area contributed by atoms with E-state index in [4.69, 9.17) is 10.00 Å². The lowest BCUT2D eigenvalue weighted by Crippen LogP contribution is -1.93. The van der Waals surface area contributed by atoms with Crippen LogP contribution in [0.25, 0.3) is 11.3 Å². The normalized spacial score (nSPS) is 9.50. The molecule has 16 heavy (non-hydrogen) atoms. The third kappa shape index (κ3) is 1.86. The number of benzene rings is 1. The molecule has 0 amide bonds. The average Bonchev–Trinajstić information content (AvgIpc) is 2.39. The summed E-state index contributed by atoms with van der Waals surface area (Å²) in [6.07, 6.45) is 0. The molecule has 1 aromatic heterocycles. The molecule has 0 aliphatic carbocycles. The summed E-state index contributed by atoms with van der Waals surface area (Å²) in [4.78, 5) is 4.25. The molecular weight excluding hydrogens is 200 g/mol. The van der Waals surface area contributed by atoms with E-state index in [1.54, 1.807) is 19.2 Å². The number of pyridine rings is 1. The van der Waals surface area contributed by atoms with Gasteiger partial charge in [-0.05, 0) is 12.1 Å². The van der Waals surface area contributed by atoms with E-state index in [1.807, 2.05) is 36.4 Å². The Kier molecular flexibility index (Phi) is 2.84. The molecule has 0 fully saturated rings. The second-order valence-electron chi connectivity index (χ2n) is 3.23. The first-order valence-electron chi connectivity index (χ1n) is 4.85. The van der Waals surface area contributed by atoms with Crippen LogP contribution in [0.5, 0.6) is 5.75 Å². The molecule has 2 rings (SSSR count). The molecule has 0 atom stereocenters. The highest BCUT2D eigenvalue weighted by molar-refractivity contribution is 5.66. The molecule has 3 heteroatoms. The second kappa shape index (κ2) is 4.45. The van der Waals surface area contributed by atoms with E-state index in [0.29, 0.717) is 17.1 Å². The van der Waals surface area contributed by atoms with Crippen molar-refractivity contribution >= 4 is 0 Å². The summed E-state index contributed by atoms with van der Waals surface area (Å²) in [5.41, 5.74) is 2.03. The molecule has 0 unspecified atom stereocenters. The lowest BCUT2D eigenvalue weighted by molar-refractivity contribution is 0.414. The molecule has 0 spiro atoms. The smallest absolute Gasteiger partial charge is 0.145 e. The predicted octanol–water partition coefficient (Wildman–Crippen LogP) is 2.63. The van der Waals surface area contributed by atoms with Crippen molar-refractivity contribution in [2.24, 2.45) is 0 Å². The highest BCUT2D eigenvalue weighted by atomic mass is 16.5. The Hall–Kier alpha value is -2.34. The molecule has 0 radical (unpaired) electrons. The van der Waals surface area contributed by atoms with Crippen LogP contribution in [0.15, 0.2) is 42.5 Å². The van der Waals surface area contributed by atoms with Crippen molar-refractivity contribution in [1.82, 2.24) is 4.98 Å². The van der Waals surface area contributed by atoms with Gasteiger partial charge in [0.2, 0.25) is 0 Å². The number of methoxy groups -OCH3 is 1. The SMILES string of the molecule is COc1ccc(C#N)nc1-c1ccccc1. The van der Waals surface area contributed by atoms with Crippen LogP contribution in [0.3, 0.4) is 0 Å². The van der Waals surface area contributed by atoms with Gasteiger partial charge in [0.15, 0.2) is 0 Å². The fourth-order valence-corrected chi connectivity index (χ4v) is 1.48. The van der Waals surface area contributed by atoms with Crippen LogP contribution in [0, 0.1) is 11.3 Å². The lowest BCUT2D eigenvalue weighted by Gasteiger charge is -2.07. The Morgan fingerprint density at radius 3 is 2.50 bits per heavy atom. The van der Waals surface area contributed by atoms with Crippen molar-refractivity contribution in [2.45, 2.75) is 0 Å². The molecule has 2 aromatic rings. The number of hydrogen-bond donors (Lipinski definition) is 0. The number of aromatic nitrogens is 1. The molecule has 0 saturated carbocycles. The summed E-state index contributed by atoms with van der Waals surface area (Å²) in [6.45, 7) is 0. The van der Waals surface area contributed by atoms with Crippen LogP contribution in [0.1, 0.15) is 5.69 Å². The standard InChI is InChI=1S/C13H10N2O/c1-16-12-8-7-11(9-14)15-13(12)10-5-3-2-4-6-10/h2-8H,1H3. The van der Waals surface area contributed by atoms with E-state index in [9.17, 15) is 0 Å². The average molecular weight is 210 g/mol. The first-order valence-corrected chi connectivity index (χ1v) is 4.85. The van der Waals surface area contributed by atoms with E-state index >= 15 is 0 Å². The number of ether oxygens (including phenoxy) is 1. The van der Waals surface area contributed by atoms with Gasteiger partial charge in [-0.25, -0.2) is 4.98 Å². The summed E-state index contributed by atoms with van der Waals surface area (Å²) in [5.74, 6) is 0.671. The van der Waals surface area contributed by atoms with E-state index < -0.39 is 0 Å². The monoisotopic (exact) mass is 210 g/mol. The maximum atomic E-state index is 8.82. The van der Waals surface area contributed by atoms with Gasteiger partial charge in [0.05, 0.1) is 7.11 Å². The molecule has 1 heterocycles. The van der Waals surface area contributed by atoms with Crippen molar-refractivity contribution in [3.8, 4) is 23.1 Å². The van der Waals surface area contributed by atoms with Crippen molar-refractivity contribution < 1.29 is 4.74 Å². The summed E-state index contributed by atoms with van der Waals surface area (Å²) >= 11 is 0. The molecule has 0 aliphatic heterocycles. The molecule has 1 aromatic carbocycles. The highest BCUT2D eigenvalue weighted by Gasteiger charge is 2.07. The Morgan fingerprint density at radius 1 is 1.12 bits per heavy atom. The van der Waals surface area contributed by atoms with Gasteiger partial charge in [0, 0.05) is 5.56 Å². The van der Waals surface area contributed by atoms with Gasteiger partial charge < -0.3 is 4.74 Å². The summed E-state index contributed by atoms with van der Waals surface area (Å²) in [7, 11) is 1.59. The summed E-state index contributed by atoms with van der Waals surface area (Å²) in [5, 5.41) is 8.82. The Bertz CT molecular complexity index is 529. The highest BCUT2D eigenvalue weighted by Crippen LogP contribution is 2.27. The van der Waals surface area contributed by atoms with Crippen LogP contribution in [0.4, 0.5) is 0 Å². The van der Waals surface area contributed by atoms with E-state index in [1.165, 1.54) is 0 Å². The van der Waals surface area contributed by atoms with Gasteiger partial charge in [-0.1, -0.05) is 30.3 Å². The van der Waals surface area contributed by atoms with Crippen molar-refractivity contribution in [2.75, 3.05) is 7.11 Å². The number of hydrogen-bond acceptors (Lipinski definition) is 3. The largest absolute Gasteiger partial charge is 0.494 e. The van der Waals surface area contributed by atoms with Gasteiger partial charge in [-0.3, -0.25) is 0 Å². The number of rotatable bonds is 2. The molecule has 0 aliphatic rings. The Morgan fingerprint density at radius 2 is 1.88 bits per heavy atom. The van der Waals surface area contributed by atoms with E-state index in [2.05, 4.69) is 4.98 Å². The maximum Gasteiger partial charge on any atom is 0.145 e. The van der Waals surface area contributed by atoms with Gasteiger partial charge >= 0.3 is 0 Å².